The molecule has 0 fully saturated rings. The first-order valence-corrected chi connectivity index (χ1v) is 18.3. The van der Waals surface area contributed by atoms with Crippen LogP contribution in [0.2, 0.25) is 0 Å². The molecular formula is C40H37O3PS. The number of fused-ring (bicyclic) bond motifs is 4. The maximum atomic E-state index is 15.2. The Kier molecular flexibility index (Phi) is 8.57. The summed E-state index contributed by atoms with van der Waals surface area (Å²) in [5, 5.41) is 9.92. The first kappa shape index (κ1) is 29.9. The molecule has 0 N–H and O–H groups in total. The summed E-state index contributed by atoms with van der Waals surface area (Å²) in [6.45, 7) is 5.01. The second-order valence-electron chi connectivity index (χ2n) is 11.6. The maximum Gasteiger partial charge on any atom is 0.362 e. The van der Waals surface area contributed by atoms with Gasteiger partial charge < -0.3 is 9.05 Å². The van der Waals surface area contributed by atoms with Crippen molar-refractivity contribution in [2.75, 3.05) is 13.2 Å². The third-order valence-corrected chi connectivity index (χ3v) is 11.9. The third-order valence-electron chi connectivity index (χ3n) is 8.54. The molecule has 0 saturated carbocycles. The molecule has 1 heterocycles. The molecule has 0 aliphatic rings. The molecule has 5 heteroatoms. The zero-order valence-electron chi connectivity index (χ0n) is 25.8. The van der Waals surface area contributed by atoms with Crippen LogP contribution >= 0.6 is 18.9 Å². The average molecular weight is 629 g/mol. The van der Waals surface area contributed by atoms with Gasteiger partial charge in [0.15, 0.2) is 0 Å². The fourth-order valence-corrected chi connectivity index (χ4v) is 9.76. The lowest BCUT2D eigenvalue weighted by Gasteiger charge is -2.20. The van der Waals surface area contributed by atoms with Crippen LogP contribution in [0.5, 0.6) is 0 Å². The Morgan fingerprint density at radius 2 is 0.956 bits per heavy atom. The van der Waals surface area contributed by atoms with Crippen molar-refractivity contribution in [3.63, 3.8) is 0 Å². The zero-order chi connectivity index (χ0) is 30.8. The quantitative estimate of drug-likeness (QED) is 0.0812. The summed E-state index contributed by atoms with van der Waals surface area (Å²) in [5.41, 5.74) is 2.23. The summed E-state index contributed by atoms with van der Waals surface area (Å²) in [5.74, 6) is 0. The van der Waals surface area contributed by atoms with Crippen LogP contribution in [0, 0.1) is 0 Å². The SMILES string of the molecule is CCCCOP(=O)(OCCCC)c1cc(-c2c3ccccc3cc3ccccc23)sc1-c1c2ccccc2cc2ccccc12. The van der Waals surface area contributed by atoms with Crippen molar-refractivity contribution >= 4 is 67.3 Å². The largest absolute Gasteiger partial charge is 0.362 e. The van der Waals surface area contributed by atoms with Crippen molar-refractivity contribution in [1.82, 2.24) is 0 Å². The van der Waals surface area contributed by atoms with Gasteiger partial charge in [0.05, 0.1) is 23.4 Å². The highest BCUT2D eigenvalue weighted by Crippen LogP contribution is 2.55. The van der Waals surface area contributed by atoms with Crippen molar-refractivity contribution in [1.29, 1.82) is 0 Å². The summed E-state index contributed by atoms with van der Waals surface area (Å²) in [6, 6.07) is 40.7. The van der Waals surface area contributed by atoms with Crippen molar-refractivity contribution in [2.24, 2.45) is 0 Å². The topological polar surface area (TPSA) is 35.5 Å². The van der Waals surface area contributed by atoms with E-state index in [2.05, 4.69) is 129 Å². The molecule has 226 valence electrons. The van der Waals surface area contributed by atoms with E-state index in [0.29, 0.717) is 18.5 Å². The monoisotopic (exact) mass is 628 g/mol. The highest BCUT2D eigenvalue weighted by Gasteiger charge is 2.35. The first-order valence-electron chi connectivity index (χ1n) is 16.0. The van der Waals surface area contributed by atoms with Crippen LogP contribution in [-0.4, -0.2) is 13.2 Å². The summed E-state index contributed by atoms with van der Waals surface area (Å²) in [6.07, 6.45) is 3.54. The maximum absolute atomic E-state index is 15.2. The molecule has 0 spiro atoms. The van der Waals surface area contributed by atoms with Gasteiger partial charge in [0.1, 0.15) is 0 Å². The molecule has 3 nitrogen and oxygen atoms in total. The number of rotatable bonds is 11. The average Bonchev–Trinajstić information content (AvgIpc) is 3.51. The predicted octanol–water partition coefficient (Wildman–Crippen LogP) is 12.1. The van der Waals surface area contributed by atoms with Gasteiger partial charge in [0.25, 0.3) is 0 Å². The van der Waals surface area contributed by atoms with Crippen LogP contribution in [0.25, 0.3) is 64.0 Å². The fourth-order valence-electron chi connectivity index (χ4n) is 6.26. The van der Waals surface area contributed by atoms with Crippen LogP contribution in [0.4, 0.5) is 0 Å². The zero-order valence-corrected chi connectivity index (χ0v) is 27.5. The Labute approximate surface area is 269 Å². The lowest BCUT2D eigenvalue weighted by molar-refractivity contribution is 0.209. The van der Waals surface area contributed by atoms with E-state index in [1.807, 2.05) is 0 Å². The molecule has 0 aliphatic heterocycles. The molecule has 6 aromatic carbocycles. The van der Waals surface area contributed by atoms with Gasteiger partial charge in [-0.2, -0.15) is 0 Å². The Morgan fingerprint density at radius 1 is 0.556 bits per heavy atom. The van der Waals surface area contributed by atoms with Gasteiger partial charge in [0, 0.05) is 16.0 Å². The number of thiophene rings is 1. The van der Waals surface area contributed by atoms with E-state index in [1.54, 1.807) is 11.3 Å². The molecule has 0 saturated heterocycles. The molecule has 0 unspecified atom stereocenters. The minimum absolute atomic E-state index is 0.387. The van der Waals surface area contributed by atoms with Gasteiger partial charge in [-0.15, -0.1) is 11.3 Å². The van der Waals surface area contributed by atoms with Gasteiger partial charge in [0.2, 0.25) is 0 Å². The highest BCUT2D eigenvalue weighted by atomic mass is 32.1. The first-order chi connectivity index (χ1) is 22.1. The third kappa shape index (κ3) is 5.62. The van der Waals surface area contributed by atoms with Gasteiger partial charge in [-0.05, 0) is 74.1 Å². The van der Waals surface area contributed by atoms with Crippen molar-refractivity contribution in [3.8, 4) is 20.9 Å². The molecule has 0 bridgehead atoms. The predicted molar refractivity (Wildman–Crippen MR) is 194 cm³/mol. The van der Waals surface area contributed by atoms with E-state index in [1.165, 1.54) is 21.5 Å². The molecule has 0 radical (unpaired) electrons. The molecule has 45 heavy (non-hydrogen) atoms. The molecule has 0 amide bonds. The van der Waals surface area contributed by atoms with Crippen LogP contribution in [0.15, 0.2) is 115 Å². The number of hydrogen-bond acceptors (Lipinski definition) is 4. The Balaban J connectivity index is 1.58. The highest BCUT2D eigenvalue weighted by molar-refractivity contribution is 7.63. The molecule has 0 atom stereocenters. The lowest BCUT2D eigenvalue weighted by Crippen LogP contribution is -2.12. The molecule has 7 aromatic rings. The van der Waals surface area contributed by atoms with E-state index in [-0.39, 0.29) is 0 Å². The van der Waals surface area contributed by atoms with E-state index in [9.17, 15) is 0 Å². The summed E-state index contributed by atoms with van der Waals surface area (Å²) in [4.78, 5) is 2.01. The van der Waals surface area contributed by atoms with Gasteiger partial charge in [-0.3, -0.25) is 4.57 Å². The van der Waals surface area contributed by atoms with E-state index in [0.717, 1.165) is 68.1 Å². The van der Waals surface area contributed by atoms with Crippen LogP contribution in [0.3, 0.4) is 0 Å². The minimum Gasteiger partial charge on any atom is -0.305 e. The minimum atomic E-state index is -3.70. The van der Waals surface area contributed by atoms with E-state index >= 15 is 4.57 Å². The van der Waals surface area contributed by atoms with Gasteiger partial charge >= 0.3 is 7.60 Å². The molecule has 0 aliphatic carbocycles. The normalized spacial score (nSPS) is 12.1. The number of unbranched alkanes of at least 4 members (excludes halogenated alkanes) is 2. The van der Waals surface area contributed by atoms with Crippen molar-refractivity contribution < 1.29 is 13.6 Å². The number of benzene rings is 6. The molecular weight excluding hydrogens is 591 g/mol. The van der Waals surface area contributed by atoms with Gasteiger partial charge in [-0.25, -0.2) is 0 Å². The lowest BCUT2D eigenvalue weighted by atomic mass is 9.95. The Bertz CT molecular complexity index is 2080. The van der Waals surface area contributed by atoms with Crippen LogP contribution in [-0.2, 0) is 13.6 Å². The van der Waals surface area contributed by atoms with E-state index < -0.39 is 7.60 Å². The van der Waals surface area contributed by atoms with Crippen molar-refractivity contribution in [3.05, 3.63) is 115 Å². The standard InChI is InChI=1S/C40H37O3PS/c1-3-5-23-42-44(41,43-24-6-4-2)36-27-37(38-32-19-11-7-15-28(32)25-29-16-8-12-20-33(29)38)45-40(36)39-34-21-13-9-17-30(34)26-31-18-10-14-22-35(31)39/h7-22,25-27H,3-6,23-24H2,1-2H3. The molecule has 7 rings (SSSR count). The van der Waals surface area contributed by atoms with Gasteiger partial charge in [-0.1, -0.05) is 124 Å². The Hall–Kier alpha value is -3.79. The second kappa shape index (κ2) is 12.9. The summed E-state index contributed by atoms with van der Waals surface area (Å²) < 4.78 is 27.9. The summed E-state index contributed by atoms with van der Waals surface area (Å²) >= 11 is 1.70. The van der Waals surface area contributed by atoms with Crippen molar-refractivity contribution in [2.45, 2.75) is 39.5 Å². The number of hydrogen-bond donors (Lipinski definition) is 0. The van der Waals surface area contributed by atoms with E-state index in [4.69, 9.17) is 9.05 Å². The second-order valence-corrected chi connectivity index (χ2v) is 14.6. The van der Waals surface area contributed by atoms with Crippen LogP contribution < -0.4 is 5.30 Å². The smallest absolute Gasteiger partial charge is 0.305 e. The fraction of sp³-hybridized carbons (Fsp3) is 0.200. The summed E-state index contributed by atoms with van der Waals surface area (Å²) in [7, 11) is -3.70. The van der Waals surface area contributed by atoms with Crippen LogP contribution in [0.1, 0.15) is 39.5 Å². The molecule has 1 aromatic heterocycles. The Morgan fingerprint density at radius 3 is 1.38 bits per heavy atom.